The number of benzene rings is 2. The number of esters is 1. The first-order valence-electron chi connectivity index (χ1n) is 8.86. The van der Waals surface area contributed by atoms with Gasteiger partial charge in [0, 0.05) is 12.3 Å². The number of hydrogen-bond acceptors (Lipinski definition) is 4. The zero-order valence-corrected chi connectivity index (χ0v) is 19.9. The third-order valence-corrected chi connectivity index (χ3v) is 5.91. The molecule has 2 aromatic carbocycles. The lowest BCUT2D eigenvalue weighted by Gasteiger charge is -2.28. The standard InChI is InChI=1S/C21H21BrCl2F2O4/c1-12(27)29-11-18(22)21(25,26)30-15-7-5-13(6-8-15)20(2,3)14-9-16(23)19(28-4)17(24)10-14/h5-10,18H,11H2,1-4H3. The zero-order valence-electron chi connectivity index (χ0n) is 16.8. The molecule has 4 nitrogen and oxygen atoms in total. The SMILES string of the molecule is COc1c(Cl)cc(C(C)(C)c2ccc(OC(F)(F)C(Br)COC(C)=O)cc2)cc1Cl. The number of rotatable bonds is 8. The largest absolute Gasteiger partial charge is 0.494 e. The lowest BCUT2D eigenvalue weighted by atomic mass is 9.78. The minimum Gasteiger partial charge on any atom is -0.494 e. The summed E-state index contributed by atoms with van der Waals surface area (Å²) in [7, 11) is 1.48. The van der Waals surface area contributed by atoms with Crippen LogP contribution >= 0.6 is 39.1 Å². The monoisotopic (exact) mass is 524 g/mol. The summed E-state index contributed by atoms with van der Waals surface area (Å²) in [5.74, 6) is -0.292. The third-order valence-electron chi connectivity index (χ3n) is 4.55. The van der Waals surface area contributed by atoms with Gasteiger partial charge in [-0.3, -0.25) is 4.79 Å². The van der Waals surface area contributed by atoms with Gasteiger partial charge in [-0.1, -0.05) is 65.1 Å². The van der Waals surface area contributed by atoms with Crippen molar-refractivity contribution in [2.24, 2.45) is 0 Å². The molecule has 1 atom stereocenters. The average Bonchev–Trinajstić information content (AvgIpc) is 2.65. The van der Waals surface area contributed by atoms with Gasteiger partial charge < -0.3 is 14.2 Å². The Hall–Kier alpha value is -1.57. The van der Waals surface area contributed by atoms with E-state index in [1.54, 1.807) is 24.3 Å². The Kier molecular flexibility index (Phi) is 7.99. The molecule has 9 heteroatoms. The molecule has 0 bridgehead atoms. The molecule has 0 saturated carbocycles. The number of alkyl halides is 3. The highest BCUT2D eigenvalue weighted by Crippen LogP contribution is 2.40. The van der Waals surface area contributed by atoms with Crippen molar-refractivity contribution < 1.29 is 27.8 Å². The average molecular weight is 526 g/mol. The minimum atomic E-state index is -3.58. The Bertz CT molecular complexity index is 881. The lowest BCUT2D eigenvalue weighted by Crippen LogP contribution is -2.38. The Morgan fingerprint density at radius 3 is 2.10 bits per heavy atom. The maximum Gasteiger partial charge on any atom is 0.414 e. The fourth-order valence-corrected chi connectivity index (χ4v) is 3.60. The molecule has 0 N–H and O–H groups in total. The van der Waals surface area contributed by atoms with E-state index in [0.29, 0.717) is 15.8 Å². The van der Waals surface area contributed by atoms with E-state index in [0.717, 1.165) is 18.1 Å². The number of hydrogen-bond donors (Lipinski definition) is 0. The van der Waals surface area contributed by atoms with E-state index < -0.39 is 28.9 Å². The van der Waals surface area contributed by atoms with E-state index in [9.17, 15) is 13.6 Å². The number of methoxy groups -OCH3 is 1. The molecule has 0 spiro atoms. The van der Waals surface area contributed by atoms with Crippen LogP contribution in [0, 0.1) is 0 Å². The van der Waals surface area contributed by atoms with Crippen molar-refractivity contribution in [3.63, 3.8) is 0 Å². The third kappa shape index (κ3) is 5.77. The molecule has 2 rings (SSSR count). The summed E-state index contributed by atoms with van der Waals surface area (Å²) >= 11 is 15.3. The number of halogens is 5. The molecule has 1 unspecified atom stereocenters. The lowest BCUT2D eigenvalue weighted by molar-refractivity contribution is -0.182. The van der Waals surface area contributed by atoms with Gasteiger partial charge in [0.1, 0.15) is 12.4 Å². The van der Waals surface area contributed by atoms with E-state index in [1.807, 2.05) is 13.8 Å². The van der Waals surface area contributed by atoms with Crippen molar-refractivity contribution in [1.82, 2.24) is 0 Å². The van der Waals surface area contributed by atoms with Gasteiger partial charge in [0.15, 0.2) is 10.6 Å². The Morgan fingerprint density at radius 1 is 1.10 bits per heavy atom. The van der Waals surface area contributed by atoms with Gasteiger partial charge in [0.25, 0.3) is 0 Å². The topological polar surface area (TPSA) is 44.8 Å². The van der Waals surface area contributed by atoms with E-state index >= 15 is 0 Å². The van der Waals surface area contributed by atoms with Gasteiger partial charge in [-0.15, -0.1) is 0 Å². The molecule has 0 aliphatic heterocycles. The maximum absolute atomic E-state index is 14.2. The summed E-state index contributed by atoms with van der Waals surface area (Å²) in [5, 5.41) is 0.757. The fraction of sp³-hybridized carbons (Fsp3) is 0.381. The molecule has 0 aliphatic carbocycles. The van der Waals surface area contributed by atoms with Gasteiger partial charge in [-0.05, 0) is 35.4 Å². The first-order chi connectivity index (χ1) is 13.9. The first kappa shape index (κ1) is 24.7. The smallest absolute Gasteiger partial charge is 0.414 e. The highest BCUT2D eigenvalue weighted by Gasteiger charge is 2.41. The molecular weight excluding hydrogens is 505 g/mol. The predicted octanol–water partition coefficient (Wildman–Crippen LogP) is 6.63. The second-order valence-electron chi connectivity index (χ2n) is 7.06. The summed E-state index contributed by atoms with van der Waals surface area (Å²) in [5.41, 5.74) is 1.15. The first-order valence-corrected chi connectivity index (χ1v) is 10.5. The van der Waals surface area contributed by atoms with Gasteiger partial charge in [0.05, 0.1) is 17.2 Å². The summed E-state index contributed by atoms with van der Waals surface area (Å²) in [6.45, 7) is 4.54. The quantitative estimate of drug-likeness (QED) is 0.287. The Morgan fingerprint density at radius 2 is 1.63 bits per heavy atom. The maximum atomic E-state index is 14.2. The second-order valence-corrected chi connectivity index (χ2v) is 8.98. The molecule has 0 amide bonds. The van der Waals surface area contributed by atoms with Crippen LogP contribution in [0.5, 0.6) is 11.5 Å². The molecular formula is C21H21BrCl2F2O4. The molecule has 0 fully saturated rings. The van der Waals surface area contributed by atoms with Crippen molar-refractivity contribution >= 4 is 45.1 Å². The molecule has 30 heavy (non-hydrogen) atoms. The fourth-order valence-electron chi connectivity index (χ4n) is 2.73. The van der Waals surface area contributed by atoms with Crippen LogP contribution in [0.4, 0.5) is 8.78 Å². The summed E-state index contributed by atoms with van der Waals surface area (Å²) < 4.78 is 43.0. The number of carbonyl (C=O) groups is 1. The number of carbonyl (C=O) groups excluding carboxylic acids is 1. The van der Waals surface area contributed by atoms with Crippen LogP contribution in [0.25, 0.3) is 0 Å². The minimum absolute atomic E-state index is 0.0300. The summed E-state index contributed by atoms with van der Waals surface area (Å²) in [6, 6.07) is 9.79. The van der Waals surface area contributed by atoms with Crippen LogP contribution in [-0.2, 0) is 14.9 Å². The Balaban J connectivity index is 2.21. The van der Waals surface area contributed by atoms with Gasteiger partial charge in [-0.25, -0.2) is 0 Å². The van der Waals surface area contributed by atoms with Crippen LogP contribution < -0.4 is 9.47 Å². The second kappa shape index (κ2) is 9.71. The van der Waals surface area contributed by atoms with Crippen molar-refractivity contribution in [2.75, 3.05) is 13.7 Å². The van der Waals surface area contributed by atoms with E-state index in [1.165, 1.54) is 19.2 Å². The Labute approximate surface area is 192 Å². The van der Waals surface area contributed by atoms with E-state index in [4.69, 9.17) is 32.7 Å². The van der Waals surface area contributed by atoms with Crippen molar-refractivity contribution in [3.8, 4) is 11.5 Å². The summed E-state index contributed by atoms with van der Waals surface area (Å²) in [6.07, 6.45) is -3.58. The van der Waals surface area contributed by atoms with Crippen LogP contribution in [-0.4, -0.2) is 30.6 Å². The van der Waals surface area contributed by atoms with Crippen molar-refractivity contribution in [1.29, 1.82) is 0 Å². The molecule has 164 valence electrons. The molecule has 0 aliphatic rings. The molecule has 0 radical (unpaired) electrons. The number of ether oxygens (including phenoxy) is 3. The molecule has 0 saturated heterocycles. The van der Waals surface area contributed by atoms with Crippen molar-refractivity contribution in [3.05, 3.63) is 57.6 Å². The highest BCUT2D eigenvalue weighted by atomic mass is 79.9. The van der Waals surface area contributed by atoms with Crippen LogP contribution in [0.3, 0.4) is 0 Å². The van der Waals surface area contributed by atoms with Crippen LogP contribution in [0.1, 0.15) is 31.9 Å². The molecule has 0 heterocycles. The van der Waals surface area contributed by atoms with Gasteiger partial charge >= 0.3 is 12.1 Å². The normalized spacial score (nSPS) is 13.0. The van der Waals surface area contributed by atoms with Gasteiger partial charge in [-0.2, -0.15) is 8.78 Å². The van der Waals surface area contributed by atoms with Gasteiger partial charge in [0.2, 0.25) is 0 Å². The van der Waals surface area contributed by atoms with E-state index in [-0.39, 0.29) is 5.75 Å². The van der Waals surface area contributed by atoms with Crippen LogP contribution in [0.2, 0.25) is 10.0 Å². The molecule has 0 aromatic heterocycles. The molecule has 2 aromatic rings. The highest BCUT2D eigenvalue weighted by molar-refractivity contribution is 9.09. The van der Waals surface area contributed by atoms with Crippen molar-refractivity contribution in [2.45, 2.75) is 37.1 Å². The van der Waals surface area contributed by atoms with E-state index in [2.05, 4.69) is 20.7 Å². The zero-order chi connectivity index (χ0) is 22.7. The summed E-state index contributed by atoms with van der Waals surface area (Å²) in [4.78, 5) is 9.32. The van der Waals surface area contributed by atoms with Crippen LogP contribution in [0.15, 0.2) is 36.4 Å². The predicted molar refractivity (Wildman–Crippen MR) is 117 cm³/mol.